The van der Waals surface area contributed by atoms with E-state index in [1.807, 2.05) is 0 Å². The second-order valence-corrected chi connectivity index (χ2v) is 5.64. The van der Waals surface area contributed by atoms with Crippen LogP contribution in [0.5, 0.6) is 0 Å². The third-order valence-electron chi connectivity index (χ3n) is 4.13. The molecule has 0 fully saturated rings. The zero-order valence-electron chi connectivity index (χ0n) is 11.7. The molecule has 0 aromatic rings. The summed E-state index contributed by atoms with van der Waals surface area (Å²) in [7, 11) is 0. The Kier molecular flexibility index (Phi) is 6.81. The Morgan fingerprint density at radius 1 is 0.500 bits per heavy atom. The number of hydrogen-bond acceptors (Lipinski definition) is 2. The molecule has 0 saturated carbocycles. The highest BCUT2D eigenvalue weighted by Gasteiger charge is 2.11. The van der Waals surface area contributed by atoms with Gasteiger partial charge in [-0.15, -0.1) is 0 Å². The summed E-state index contributed by atoms with van der Waals surface area (Å²) in [6.07, 6.45) is 13.6. The van der Waals surface area contributed by atoms with Crippen LogP contribution in [0.25, 0.3) is 0 Å². The molecule has 1 aliphatic heterocycles. The molecule has 1 heterocycles. The van der Waals surface area contributed by atoms with Gasteiger partial charge in [0.1, 0.15) is 0 Å². The van der Waals surface area contributed by atoms with Crippen LogP contribution in [-0.4, -0.2) is 26.4 Å². The van der Waals surface area contributed by atoms with Crippen LogP contribution in [0.3, 0.4) is 0 Å². The average Bonchev–Trinajstić information content (AvgIpc) is 2.34. The molecule has 2 heteroatoms. The minimum Gasteiger partial charge on any atom is -0.375 e. The zero-order chi connectivity index (χ0) is 12.5. The summed E-state index contributed by atoms with van der Waals surface area (Å²) in [5.41, 5.74) is 3.10. The fourth-order valence-electron chi connectivity index (χ4n) is 2.95. The quantitative estimate of drug-likeness (QED) is 0.600. The first-order valence-corrected chi connectivity index (χ1v) is 7.82. The molecule has 2 rings (SSSR count). The van der Waals surface area contributed by atoms with Gasteiger partial charge in [0.05, 0.1) is 26.4 Å². The number of rotatable bonds is 0. The maximum Gasteiger partial charge on any atom is 0.0705 e. The Balaban J connectivity index is 1.96. The first-order chi connectivity index (χ1) is 8.97. The van der Waals surface area contributed by atoms with Crippen molar-refractivity contribution in [2.24, 2.45) is 0 Å². The van der Waals surface area contributed by atoms with Crippen molar-refractivity contribution in [2.45, 2.75) is 64.2 Å². The first kappa shape index (κ1) is 14.1. The molecule has 1 aliphatic carbocycles. The predicted molar refractivity (Wildman–Crippen MR) is 74.8 cm³/mol. The zero-order valence-corrected chi connectivity index (χ0v) is 11.7. The van der Waals surface area contributed by atoms with E-state index >= 15 is 0 Å². The Hall–Kier alpha value is -0.340. The molecule has 0 atom stereocenters. The summed E-state index contributed by atoms with van der Waals surface area (Å²) in [6, 6.07) is 0. The molecule has 0 radical (unpaired) electrons. The van der Waals surface area contributed by atoms with Gasteiger partial charge in [0.2, 0.25) is 0 Å². The summed E-state index contributed by atoms with van der Waals surface area (Å²) in [5, 5.41) is 0. The fraction of sp³-hybridized carbons (Fsp3) is 0.875. The lowest BCUT2D eigenvalue weighted by atomic mass is 9.95. The van der Waals surface area contributed by atoms with Crippen LogP contribution in [0.4, 0.5) is 0 Å². The highest BCUT2D eigenvalue weighted by molar-refractivity contribution is 5.16. The SMILES string of the molecule is C1CCCCC/C2=C(\CCCC1)COCCOC2. The van der Waals surface area contributed by atoms with E-state index in [4.69, 9.17) is 9.47 Å². The van der Waals surface area contributed by atoms with Gasteiger partial charge in [-0.25, -0.2) is 0 Å². The van der Waals surface area contributed by atoms with E-state index in [0.29, 0.717) is 0 Å². The summed E-state index contributed by atoms with van der Waals surface area (Å²) < 4.78 is 11.4. The summed E-state index contributed by atoms with van der Waals surface area (Å²) in [4.78, 5) is 0. The smallest absolute Gasteiger partial charge is 0.0705 e. The Labute approximate surface area is 112 Å². The maximum absolute atomic E-state index is 5.69. The summed E-state index contributed by atoms with van der Waals surface area (Å²) >= 11 is 0. The normalized spacial score (nSPS) is 29.3. The molecule has 18 heavy (non-hydrogen) atoms. The Morgan fingerprint density at radius 2 is 0.889 bits per heavy atom. The summed E-state index contributed by atoms with van der Waals surface area (Å²) in [6.45, 7) is 3.24. The van der Waals surface area contributed by atoms with E-state index < -0.39 is 0 Å². The van der Waals surface area contributed by atoms with Crippen molar-refractivity contribution < 1.29 is 9.47 Å². The van der Waals surface area contributed by atoms with Gasteiger partial charge in [-0.3, -0.25) is 0 Å². The molecule has 0 unspecified atom stereocenters. The van der Waals surface area contributed by atoms with Gasteiger partial charge in [0.25, 0.3) is 0 Å². The third-order valence-corrected chi connectivity index (χ3v) is 4.13. The van der Waals surface area contributed by atoms with Crippen molar-refractivity contribution in [3.8, 4) is 0 Å². The van der Waals surface area contributed by atoms with Crippen LogP contribution in [0.2, 0.25) is 0 Å². The Bertz CT molecular complexity index is 232. The second-order valence-electron chi connectivity index (χ2n) is 5.64. The molecular weight excluding hydrogens is 224 g/mol. The van der Waals surface area contributed by atoms with Crippen molar-refractivity contribution in [1.82, 2.24) is 0 Å². The van der Waals surface area contributed by atoms with Crippen LogP contribution in [0, 0.1) is 0 Å². The van der Waals surface area contributed by atoms with Gasteiger partial charge < -0.3 is 9.47 Å². The molecule has 0 spiro atoms. The molecule has 0 bridgehead atoms. The molecule has 2 nitrogen and oxygen atoms in total. The van der Waals surface area contributed by atoms with E-state index in [-0.39, 0.29) is 0 Å². The standard InChI is InChI=1S/C16H28O2/c1-2-4-6-8-10-16-14-18-12-11-17-13-15(16)9-7-5-3-1/h1-14H2/b16-15-. The van der Waals surface area contributed by atoms with Crippen LogP contribution in [0.1, 0.15) is 64.2 Å². The molecule has 0 saturated heterocycles. The molecule has 0 N–H and O–H groups in total. The van der Waals surface area contributed by atoms with Gasteiger partial charge in [0.15, 0.2) is 0 Å². The minimum atomic E-state index is 0.761. The maximum atomic E-state index is 5.69. The molecule has 104 valence electrons. The molecular formula is C16H28O2. The lowest BCUT2D eigenvalue weighted by Gasteiger charge is -2.20. The Morgan fingerprint density at radius 3 is 1.33 bits per heavy atom. The van der Waals surface area contributed by atoms with E-state index in [2.05, 4.69) is 0 Å². The largest absolute Gasteiger partial charge is 0.375 e. The number of hydrogen-bond donors (Lipinski definition) is 0. The summed E-state index contributed by atoms with van der Waals surface area (Å²) in [5.74, 6) is 0. The molecule has 2 aliphatic rings. The predicted octanol–water partition coefficient (Wildman–Crippen LogP) is 4.24. The van der Waals surface area contributed by atoms with Crippen LogP contribution >= 0.6 is 0 Å². The third kappa shape index (κ3) is 5.11. The topological polar surface area (TPSA) is 18.5 Å². The lowest BCUT2D eigenvalue weighted by molar-refractivity contribution is 0.0536. The van der Waals surface area contributed by atoms with Crippen LogP contribution in [-0.2, 0) is 9.47 Å². The highest BCUT2D eigenvalue weighted by atomic mass is 16.5. The minimum absolute atomic E-state index is 0.761. The van der Waals surface area contributed by atoms with Gasteiger partial charge in [0, 0.05) is 0 Å². The monoisotopic (exact) mass is 252 g/mol. The second kappa shape index (κ2) is 8.71. The fourth-order valence-corrected chi connectivity index (χ4v) is 2.95. The van der Waals surface area contributed by atoms with Crippen molar-refractivity contribution in [1.29, 1.82) is 0 Å². The van der Waals surface area contributed by atoms with E-state index in [1.165, 1.54) is 64.2 Å². The van der Waals surface area contributed by atoms with E-state index in [9.17, 15) is 0 Å². The van der Waals surface area contributed by atoms with Gasteiger partial charge in [-0.2, -0.15) is 0 Å². The van der Waals surface area contributed by atoms with Crippen molar-refractivity contribution in [3.63, 3.8) is 0 Å². The molecule has 0 amide bonds. The van der Waals surface area contributed by atoms with Crippen molar-refractivity contribution >= 4 is 0 Å². The van der Waals surface area contributed by atoms with Gasteiger partial charge in [-0.1, -0.05) is 38.5 Å². The highest BCUT2D eigenvalue weighted by Crippen LogP contribution is 2.23. The molecule has 0 aromatic carbocycles. The van der Waals surface area contributed by atoms with E-state index in [1.54, 1.807) is 11.1 Å². The van der Waals surface area contributed by atoms with Crippen LogP contribution in [0.15, 0.2) is 11.1 Å². The average molecular weight is 252 g/mol. The molecule has 0 aromatic heterocycles. The van der Waals surface area contributed by atoms with Crippen molar-refractivity contribution in [3.05, 3.63) is 11.1 Å². The lowest BCUT2D eigenvalue weighted by Crippen LogP contribution is -2.15. The van der Waals surface area contributed by atoms with Gasteiger partial charge in [-0.05, 0) is 36.8 Å². The van der Waals surface area contributed by atoms with Crippen molar-refractivity contribution in [2.75, 3.05) is 26.4 Å². The number of ether oxygens (including phenoxy) is 2. The van der Waals surface area contributed by atoms with E-state index in [0.717, 1.165) is 26.4 Å². The first-order valence-electron chi connectivity index (χ1n) is 7.82. The van der Waals surface area contributed by atoms with Gasteiger partial charge >= 0.3 is 0 Å². The van der Waals surface area contributed by atoms with Crippen LogP contribution < -0.4 is 0 Å².